The molecule has 0 spiro atoms. The Labute approximate surface area is 656 Å². The molecule has 592 valence electrons. The predicted molar refractivity (Wildman–Crippen MR) is 423 cm³/mol. The topological polar surface area (TPSA) is 289 Å². The van der Waals surface area contributed by atoms with Crippen LogP contribution in [0.4, 0.5) is 0 Å². The summed E-state index contributed by atoms with van der Waals surface area (Å²) in [6.07, 6.45) is 4.01. The van der Waals surface area contributed by atoms with Crippen molar-refractivity contribution in [1.82, 2.24) is 10.2 Å². The molecule has 4 heterocycles. The minimum atomic E-state index is -4.01. The third-order valence-corrected chi connectivity index (χ3v) is 32.1. The Morgan fingerprint density at radius 1 is 0.514 bits per heavy atom. The Morgan fingerprint density at radius 2 is 0.810 bits per heavy atom. The lowest BCUT2D eigenvalue weighted by Gasteiger charge is -2.39. The number of methoxy groups -OCH3 is 4. The Morgan fingerprint density at radius 3 is 1.08 bits per heavy atom. The standard InChI is InChI=1S/C36H52Br2NO12PS2.C28H37Br2O10PS2.C7H15N/c1-21(2)32(24(5)39(7)25(6)40)50-52(10,47-20-31-33(46-9)22(3)35(49-31)53(41,42)28-15-11-26(37)12-16-28)51-34-23(4)36(48-30(34)19-45-8)54(43,44)29-17-13-27(38)14-18-29;1-17-25(36-4)24(39-27(17)42(31,32)21-11-7-19(29)8-12-21)16-37-41(5,6)40-26-18(2)28(38-23(26)15-35-3)43(33,34)22-13-9-20(30)10-14-22;1-6(2)5-7(3)8-4/h11-18,21-24,30-36H,10,19-20H2,1-9H3;7-14,17-18,23-28H,5,15-16H2,1-4,6H3;5,7-8H,1-4H3/t22?,23?,24?,30-,31-,32?,33-,34-,35+,36+,52?;17?,18?,23-,24-,25-,26-,27+,28+,41?;/m11./s1. The summed E-state index contributed by atoms with van der Waals surface area (Å²) in [6.45, 7) is 22.0. The zero-order chi connectivity index (χ0) is 78.6. The molecule has 9 unspecified atom stereocenters. The van der Waals surface area contributed by atoms with Gasteiger partial charge in [-0.15, -0.1) is 0 Å². The molecule has 0 aliphatic carbocycles. The van der Waals surface area contributed by atoms with E-state index in [-0.39, 0.29) is 57.8 Å². The molecule has 0 radical (unpaired) electrons. The molecule has 4 saturated heterocycles. The van der Waals surface area contributed by atoms with Crippen LogP contribution in [0.1, 0.15) is 76.2 Å². The van der Waals surface area contributed by atoms with E-state index in [0.717, 1.165) is 17.9 Å². The number of nitrogens with one attached hydrogen (secondary N) is 1. The Bertz CT molecular complexity index is 4090. The van der Waals surface area contributed by atoms with Gasteiger partial charge in [-0.05, 0) is 144 Å². The quantitative estimate of drug-likeness (QED) is 0.0362. The van der Waals surface area contributed by atoms with Crippen molar-refractivity contribution in [1.29, 1.82) is 0 Å². The van der Waals surface area contributed by atoms with E-state index in [4.69, 9.17) is 60.5 Å². The molecule has 1 N–H and O–H groups in total. The molecule has 4 fully saturated rings. The summed E-state index contributed by atoms with van der Waals surface area (Å²) in [6, 6.07) is 25.4. The van der Waals surface area contributed by atoms with E-state index in [1.807, 2.05) is 27.8 Å². The molecular formula is C71H104Br4N2O22P2S4. The summed E-state index contributed by atoms with van der Waals surface area (Å²) < 4.78 is 191. The largest absolute Gasteiger partial charge is 0.382 e. The summed E-state index contributed by atoms with van der Waals surface area (Å²) in [5.74, 6) is -2.75. The van der Waals surface area contributed by atoms with Crippen LogP contribution in [-0.4, -0.2) is 221 Å². The number of likely N-dealkylation sites (N-methyl/N-ethyl adjacent to an activating group) is 2. The van der Waals surface area contributed by atoms with Gasteiger partial charge in [-0.25, -0.2) is 33.7 Å². The molecule has 0 aromatic heterocycles. The third-order valence-electron chi connectivity index (χ3n) is 18.6. The van der Waals surface area contributed by atoms with Gasteiger partial charge in [0.25, 0.3) is 7.57 Å². The predicted octanol–water partition coefficient (Wildman–Crippen LogP) is 13.1. The molecule has 0 saturated carbocycles. The zero-order valence-corrected chi connectivity index (χ0v) is 74.0. The van der Waals surface area contributed by atoms with E-state index in [1.54, 1.807) is 94.8 Å². The Kier molecular flexibility index (Phi) is 34.5. The van der Waals surface area contributed by atoms with Crippen molar-refractivity contribution in [2.75, 3.05) is 75.6 Å². The maximum atomic E-state index is 13.9. The maximum absolute atomic E-state index is 13.9. The molecule has 105 heavy (non-hydrogen) atoms. The van der Waals surface area contributed by atoms with E-state index in [0.29, 0.717) is 6.04 Å². The summed E-state index contributed by atoms with van der Waals surface area (Å²) in [5, 5.41) is 3.12. The van der Waals surface area contributed by atoms with Gasteiger partial charge in [0, 0.05) is 96.7 Å². The highest BCUT2D eigenvalue weighted by molar-refractivity contribution is 9.11. The van der Waals surface area contributed by atoms with E-state index in [2.05, 4.69) is 108 Å². The number of carbonyl (C=O) groups is 1. The van der Waals surface area contributed by atoms with Crippen molar-refractivity contribution in [2.45, 2.75) is 185 Å². The van der Waals surface area contributed by atoms with Gasteiger partial charge in [0.15, 0.2) is 21.7 Å². The number of allylic oxidation sites excluding steroid dienone is 1. The van der Waals surface area contributed by atoms with E-state index < -0.39 is 161 Å². The van der Waals surface area contributed by atoms with Crippen LogP contribution >= 0.6 is 78.6 Å². The molecule has 1 amide bonds. The van der Waals surface area contributed by atoms with E-state index in [9.17, 15) is 38.5 Å². The van der Waals surface area contributed by atoms with Crippen molar-refractivity contribution in [3.05, 3.63) is 127 Å². The SMILES string of the molecule is C=P(C)(OC[C@H]1O[C@@H](S(=O)(=O)c2ccc(Br)cc2)C(C)[C@H]1OC)O[C@@H]1C(C)[C@H](S(=O)(=O)c2ccc(Br)cc2)O[C@@H]1COC.C=P(OC[C@H]1O[C@@H](S(=O)(=O)c2ccc(Br)cc2)C(C)[C@H]1OC)(OC(C(C)C)C(C)N(C)C(C)=O)O[C@@H]1C(C)[C@H](S(=O)(=O)c2ccc(Br)cc2)O[C@@H]1COC.CNC(C)C=C(C)C. The summed E-state index contributed by atoms with van der Waals surface area (Å²) >= 11 is 13.3. The number of rotatable bonds is 31. The second-order valence-electron chi connectivity index (χ2n) is 27.3. The first kappa shape index (κ1) is 91.7. The van der Waals surface area contributed by atoms with Crippen LogP contribution in [0.5, 0.6) is 0 Å². The molecule has 34 heteroatoms. The number of halogens is 4. The highest BCUT2D eigenvalue weighted by Crippen LogP contribution is 2.57. The smallest absolute Gasteiger partial charge is 0.251 e. The van der Waals surface area contributed by atoms with Gasteiger partial charge in [-0.3, -0.25) is 4.79 Å². The zero-order valence-electron chi connectivity index (χ0n) is 62.6. The number of amides is 1. The van der Waals surface area contributed by atoms with Gasteiger partial charge < -0.3 is 70.7 Å². The average Bonchev–Trinajstić information content (AvgIpc) is 1.65. The van der Waals surface area contributed by atoms with Crippen LogP contribution in [0.25, 0.3) is 0 Å². The normalized spacial score (nSPS) is 28.4. The van der Waals surface area contributed by atoms with Crippen molar-refractivity contribution in [3.8, 4) is 0 Å². The molecule has 4 aromatic carbocycles. The minimum Gasteiger partial charge on any atom is -0.382 e. The third kappa shape index (κ3) is 23.3. The van der Waals surface area contributed by atoms with Crippen molar-refractivity contribution >= 4 is 136 Å². The van der Waals surface area contributed by atoms with Crippen molar-refractivity contribution in [2.24, 2.45) is 29.6 Å². The number of sulfone groups is 4. The van der Waals surface area contributed by atoms with Gasteiger partial charge in [0.05, 0.1) is 76.5 Å². The highest BCUT2D eigenvalue weighted by atomic mass is 79.9. The van der Waals surface area contributed by atoms with Crippen molar-refractivity contribution < 1.29 is 99.0 Å². The molecule has 4 aromatic rings. The second-order valence-corrected chi connectivity index (χ2v) is 43.4. The lowest BCUT2D eigenvalue weighted by atomic mass is 10.00. The lowest BCUT2D eigenvalue weighted by molar-refractivity contribution is -0.132. The fourth-order valence-corrected chi connectivity index (χ4v) is 24.5. The van der Waals surface area contributed by atoms with Gasteiger partial charge >= 0.3 is 0 Å². The van der Waals surface area contributed by atoms with Crippen LogP contribution in [-0.2, 0) is 105 Å². The molecule has 4 aliphatic heterocycles. The van der Waals surface area contributed by atoms with Gasteiger partial charge in [-0.2, -0.15) is 0 Å². The maximum Gasteiger partial charge on any atom is 0.251 e. The molecule has 8 rings (SSSR count). The number of carbonyl (C=O) groups excluding carboxylic acids is 1. The van der Waals surface area contributed by atoms with E-state index in [1.165, 1.54) is 89.5 Å². The first-order chi connectivity index (χ1) is 49.0. The molecule has 24 nitrogen and oxygen atoms in total. The monoisotopic (exact) mass is 1840 g/mol. The van der Waals surface area contributed by atoms with Crippen LogP contribution < -0.4 is 5.32 Å². The van der Waals surface area contributed by atoms with Gasteiger partial charge in [-0.1, -0.05) is 123 Å². The molecular weight excluding hydrogens is 1740 g/mol. The Hall–Kier alpha value is -2.15. The first-order valence-electron chi connectivity index (χ1n) is 33.9. The summed E-state index contributed by atoms with van der Waals surface area (Å²) in [5.41, 5.74) is -3.49. The first-order valence-corrected chi connectivity index (χ1v) is 47.3. The number of nitrogens with zero attached hydrogens (tertiary/aromatic N) is 1. The molecule has 0 bridgehead atoms. The fourth-order valence-electron chi connectivity index (χ4n) is 12.9. The van der Waals surface area contributed by atoms with Gasteiger partial charge in [0.1, 0.15) is 37.9 Å². The summed E-state index contributed by atoms with van der Waals surface area (Å²) in [4.78, 5) is 14.4. The van der Waals surface area contributed by atoms with Gasteiger partial charge in [0.2, 0.25) is 45.3 Å². The van der Waals surface area contributed by atoms with Crippen LogP contribution in [0.2, 0.25) is 0 Å². The van der Waals surface area contributed by atoms with Crippen molar-refractivity contribution in [3.63, 3.8) is 0 Å². The minimum absolute atomic E-state index is 0.0109. The fraction of sp³-hybridized carbons (Fsp3) is 0.592. The van der Waals surface area contributed by atoms with Crippen LogP contribution in [0, 0.1) is 29.6 Å². The number of hydrogen-bond acceptors (Lipinski definition) is 23. The summed E-state index contributed by atoms with van der Waals surface area (Å²) in [7, 11) is -12.7. The number of ether oxygens (including phenoxy) is 8. The highest BCUT2D eigenvalue weighted by Gasteiger charge is 2.55. The Balaban J connectivity index is 0.000000304. The second kappa shape index (κ2) is 39.5. The average molecular weight is 1850 g/mol. The van der Waals surface area contributed by atoms with E-state index >= 15 is 0 Å². The van der Waals surface area contributed by atoms with Crippen LogP contribution in [0.3, 0.4) is 0 Å². The molecule has 21 atom stereocenters. The number of benzene rings is 4. The molecule has 4 aliphatic rings. The number of hydrogen-bond donors (Lipinski definition) is 1. The van der Waals surface area contributed by atoms with Crippen LogP contribution in [0.15, 0.2) is 146 Å². The lowest BCUT2D eigenvalue weighted by Crippen LogP contribution is -2.45.